The van der Waals surface area contributed by atoms with Gasteiger partial charge in [0.2, 0.25) is 0 Å². The average molecular weight is 439 g/mol. The molecule has 4 aromatic rings. The second-order valence-electron chi connectivity index (χ2n) is 7.07. The Balaban J connectivity index is 1.71. The van der Waals surface area contributed by atoms with E-state index in [0.717, 1.165) is 27.7 Å². The lowest BCUT2D eigenvalue weighted by atomic mass is 10.1. The zero-order valence-corrected chi connectivity index (χ0v) is 18.5. The van der Waals surface area contributed by atoms with Gasteiger partial charge >= 0.3 is 5.97 Å². The van der Waals surface area contributed by atoms with Crippen LogP contribution in [0.25, 0.3) is 22.1 Å². The number of aromatic nitrogens is 2. The fraction of sp³-hybridized carbons (Fsp3) is 0.261. The van der Waals surface area contributed by atoms with E-state index in [1.807, 2.05) is 26.0 Å². The van der Waals surface area contributed by atoms with Crippen molar-refractivity contribution in [1.82, 2.24) is 9.38 Å². The van der Waals surface area contributed by atoms with Crippen LogP contribution in [0.1, 0.15) is 23.6 Å². The van der Waals surface area contributed by atoms with Crippen LogP contribution < -0.4 is 19.6 Å². The molecule has 0 saturated carbocycles. The van der Waals surface area contributed by atoms with E-state index in [2.05, 4.69) is 4.98 Å². The summed E-state index contributed by atoms with van der Waals surface area (Å²) in [5.74, 6) is 0.437. The molecule has 0 aliphatic rings. The van der Waals surface area contributed by atoms with Crippen LogP contribution in [0.3, 0.4) is 0 Å². The highest BCUT2D eigenvalue weighted by atomic mass is 32.1. The van der Waals surface area contributed by atoms with E-state index in [0.29, 0.717) is 27.6 Å². The molecule has 0 unspecified atom stereocenters. The summed E-state index contributed by atoms with van der Waals surface area (Å²) >= 11 is 1.34. The van der Waals surface area contributed by atoms with Crippen molar-refractivity contribution in [3.63, 3.8) is 0 Å². The Bertz CT molecular complexity index is 1400. The number of thiazole rings is 1. The van der Waals surface area contributed by atoms with E-state index in [1.165, 1.54) is 18.4 Å². The second kappa shape index (κ2) is 8.39. The van der Waals surface area contributed by atoms with Gasteiger partial charge in [0, 0.05) is 0 Å². The maximum atomic E-state index is 13.1. The van der Waals surface area contributed by atoms with Gasteiger partial charge in [-0.05, 0) is 67.8 Å². The molecule has 2 heterocycles. The standard InChI is InChI=1S/C23H22N2O5S/c1-5-29-21(26)12-30-18-7-6-15(10-19(18)28-4)11-20-22(27)25-17-9-14(3)13(2)8-16(17)24-23(25)31-20/h6-11H,5,12H2,1-4H3/b20-11+. The fourth-order valence-corrected chi connectivity index (χ4v) is 4.29. The van der Waals surface area contributed by atoms with Crippen LogP contribution in [0.5, 0.6) is 11.5 Å². The largest absolute Gasteiger partial charge is 0.493 e. The van der Waals surface area contributed by atoms with Crippen LogP contribution in [-0.4, -0.2) is 35.7 Å². The summed E-state index contributed by atoms with van der Waals surface area (Å²) in [6.07, 6.45) is 1.80. The minimum absolute atomic E-state index is 0.104. The number of nitrogens with zero attached hydrogens (tertiary/aromatic N) is 2. The minimum Gasteiger partial charge on any atom is -0.493 e. The molecule has 0 spiro atoms. The summed E-state index contributed by atoms with van der Waals surface area (Å²) in [5.41, 5.74) is 4.58. The van der Waals surface area contributed by atoms with E-state index < -0.39 is 5.97 Å². The number of imidazole rings is 1. The molecule has 0 saturated heterocycles. The van der Waals surface area contributed by atoms with Crippen molar-refractivity contribution >= 4 is 39.4 Å². The Morgan fingerprint density at radius 3 is 2.68 bits per heavy atom. The lowest BCUT2D eigenvalue weighted by Crippen LogP contribution is -2.22. The number of benzene rings is 2. The Hall–Kier alpha value is -3.39. The molecule has 31 heavy (non-hydrogen) atoms. The van der Waals surface area contributed by atoms with Crippen LogP contribution in [0.2, 0.25) is 0 Å². The predicted octanol–water partition coefficient (Wildman–Crippen LogP) is 3.02. The van der Waals surface area contributed by atoms with E-state index in [4.69, 9.17) is 14.2 Å². The van der Waals surface area contributed by atoms with Crippen LogP contribution in [-0.2, 0) is 9.53 Å². The molecule has 8 heteroatoms. The summed E-state index contributed by atoms with van der Waals surface area (Å²) < 4.78 is 18.0. The Labute approximate surface area is 182 Å². The number of ether oxygens (including phenoxy) is 3. The minimum atomic E-state index is -0.448. The predicted molar refractivity (Wildman–Crippen MR) is 120 cm³/mol. The molecular weight excluding hydrogens is 416 g/mol. The molecule has 0 N–H and O–H groups in total. The van der Waals surface area contributed by atoms with Gasteiger partial charge in [-0.1, -0.05) is 17.4 Å². The lowest BCUT2D eigenvalue weighted by Gasteiger charge is -2.10. The van der Waals surface area contributed by atoms with Crippen molar-refractivity contribution in [2.45, 2.75) is 20.8 Å². The van der Waals surface area contributed by atoms with Gasteiger partial charge in [-0.15, -0.1) is 0 Å². The molecule has 2 aromatic heterocycles. The van der Waals surface area contributed by atoms with Crippen molar-refractivity contribution < 1.29 is 19.0 Å². The van der Waals surface area contributed by atoms with Gasteiger partial charge in [-0.2, -0.15) is 0 Å². The normalized spacial score (nSPS) is 11.9. The van der Waals surface area contributed by atoms with Gasteiger partial charge < -0.3 is 14.2 Å². The van der Waals surface area contributed by atoms with E-state index in [9.17, 15) is 9.59 Å². The van der Waals surface area contributed by atoms with Crippen LogP contribution >= 0.6 is 11.3 Å². The van der Waals surface area contributed by atoms with Gasteiger partial charge in [-0.25, -0.2) is 14.2 Å². The van der Waals surface area contributed by atoms with E-state index >= 15 is 0 Å². The summed E-state index contributed by atoms with van der Waals surface area (Å²) in [6.45, 7) is 5.89. The van der Waals surface area contributed by atoms with Crippen molar-refractivity contribution in [3.05, 3.63) is 61.9 Å². The monoisotopic (exact) mass is 438 g/mol. The summed E-state index contributed by atoms with van der Waals surface area (Å²) in [4.78, 5) is 29.9. The highest BCUT2D eigenvalue weighted by Crippen LogP contribution is 2.28. The van der Waals surface area contributed by atoms with Crippen LogP contribution in [0, 0.1) is 13.8 Å². The first-order chi connectivity index (χ1) is 14.9. The third-order valence-electron chi connectivity index (χ3n) is 4.99. The number of hydrogen-bond donors (Lipinski definition) is 0. The second-order valence-corrected chi connectivity index (χ2v) is 8.08. The first kappa shape index (κ1) is 20.9. The highest BCUT2D eigenvalue weighted by molar-refractivity contribution is 7.15. The molecule has 2 aromatic carbocycles. The molecular formula is C23H22N2O5S. The van der Waals surface area contributed by atoms with Crippen molar-refractivity contribution in [3.8, 4) is 11.5 Å². The average Bonchev–Trinajstić information content (AvgIpc) is 3.23. The molecule has 7 nitrogen and oxygen atoms in total. The molecule has 4 rings (SSSR count). The van der Waals surface area contributed by atoms with Crippen LogP contribution in [0.4, 0.5) is 0 Å². The first-order valence-electron chi connectivity index (χ1n) is 9.81. The fourth-order valence-electron chi connectivity index (χ4n) is 3.30. The Morgan fingerprint density at radius 1 is 1.16 bits per heavy atom. The maximum Gasteiger partial charge on any atom is 0.344 e. The van der Waals surface area contributed by atoms with Gasteiger partial charge in [0.05, 0.1) is 29.3 Å². The first-order valence-corrected chi connectivity index (χ1v) is 10.6. The molecule has 160 valence electrons. The summed E-state index contributed by atoms with van der Waals surface area (Å²) in [7, 11) is 1.52. The number of esters is 1. The van der Waals surface area contributed by atoms with Gasteiger partial charge in [0.15, 0.2) is 23.1 Å². The number of rotatable bonds is 6. The molecule has 0 radical (unpaired) electrons. The van der Waals surface area contributed by atoms with E-state index in [-0.39, 0.29) is 12.2 Å². The third kappa shape index (κ3) is 3.98. The molecule has 0 fully saturated rings. The molecule has 0 aliphatic carbocycles. The molecule has 0 bridgehead atoms. The van der Waals surface area contributed by atoms with Gasteiger partial charge in [0.25, 0.3) is 5.56 Å². The molecule has 0 atom stereocenters. The maximum absolute atomic E-state index is 13.1. The van der Waals surface area contributed by atoms with Crippen LogP contribution in [0.15, 0.2) is 35.1 Å². The zero-order valence-electron chi connectivity index (χ0n) is 17.7. The zero-order chi connectivity index (χ0) is 22.1. The smallest absolute Gasteiger partial charge is 0.344 e. The van der Waals surface area contributed by atoms with Gasteiger partial charge in [0.1, 0.15) is 0 Å². The quantitative estimate of drug-likeness (QED) is 0.431. The Kier molecular flexibility index (Phi) is 5.65. The lowest BCUT2D eigenvalue weighted by molar-refractivity contribution is -0.145. The summed E-state index contributed by atoms with van der Waals surface area (Å²) in [5, 5.41) is 0. The topological polar surface area (TPSA) is 79.1 Å². The van der Waals surface area contributed by atoms with Crippen molar-refractivity contribution in [1.29, 1.82) is 0 Å². The SMILES string of the molecule is CCOC(=O)COc1ccc(/C=c2/sc3nc4cc(C)c(C)cc4n3c2=O)cc1OC. The number of methoxy groups -OCH3 is 1. The number of carbonyl (C=O) groups excluding carboxylic acids is 1. The Morgan fingerprint density at radius 2 is 1.94 bits per heavy atom. The van der Waals surface area contributed by atoms with E-state index in [1.54, 1.807) is 35.6 Å². The van der Waals surface area contributed by atoms with Crippen molar-refractivity contribution in [2.75, 3.05) is 20.3 Å². The summed E-state index contributed by atoms with van der Waals surface area (Å²) in [6, 6.07) is 9.27. The highest BCUT2D eigenvalue weighted by Gasteiger charge is 2.13. The number of carbonyl (C=O) groups is 1. The van der Waals surface area contributed by atoms with Gasteiger partial charge in [-0.3, -0.25) is 4.79 Å². The third-order valence-corrected chi connectivity index (χ3v) is 5.96. The molecule has 0 aliphatic heterocycles. The number of aryl methyl sites for hydroxylation is 2. The van der Waals surface area contributed by atoms with Crippen molar-refractivity contribution in [2.24, 2.45) is 0 Å². The number of fused-ring (bicyclic) bond motifs is 3. The number of hydrogen-bond acceptors (Lipinski definition) is 7. The molecule has 0 amide bonds.